The normalized spacial score (nSPS) is 13.4. The first-order valence-corrected chi connectivity index (χ1v) is 4.86. The van der Waals surface area contributed by atoms with Crippen LogP contribution in [0.3, 0.4) is 0 Å². The molecule has 0 saturated heterocycles. The average Bonchev–Trinajstić information content (AvgIpc) is 2.31. The fourth-order valence-corrected chi connectivity index (χ4v) is 1.89. The van der Waals surface area contributed by atoms with E-state index in [9.17, 15) is 0 Å². The largest absolute Gasteiger partial charge is 0.328 e. The maximum atomic E-state index is 5.65. The quantitative estimate of drug-likeness (QED) is 0.738. The Kier molecular flexibility index (Phi) is 3.09. The van der Waals surface area contributed by atoms with Crippen LogP contribution in [0.5, 0.6) is 0 Å². The molecule has 0 radical (unpaired) electrons. The molecule has 0 aliphatic carbocycles. The van der Waals surface area contributed by atoms with Gasteiger partial charge in [0.15, 0.2) is 0 Å². The van der Waals surface area contributed by atoms with Crippen molar-refractivity contribution in [2.75, 3.05) is 0 Å². The minimum Gasteiger partial charge on any atom is -0.328 e. The summed E-state index contributed by atoms with van der Waals surface area (Å²) >= 11 is 1.84. The Balaban J connectivity index is 2.39. The Hall–Kier alpha value is -0.340. The minimum atomic E-state index is 0.331. The Morgan fingerprint density at radius 1 is 1.64 bits per heavy atom. The van der Waals surface area contributed by atoms with Gasteiger partial charge in [0.05, 0.1) is 0 Å². The van der Waals surface area contributed by atoms with Gasteiger partial charge in [0, 0.05) is 10.9 Å². The van der Waals surface area contributed by atoms with E-state index in [1.165, 1.54) is 10.4 Å². The standard InChI is InChI=1S/C9H15NS/c1-7-5-9(11-6-7)4-3-8(2)10/h5-6,8H,3-4,10H2,1-2H3/t8-/m1/s1. The molecule has 1 nitrogen and oxygen atoms in total. The summed E-state index contributed by atoms with van der Waals surface area (Å²) in [4.78, 5) is 1.46. The first-order chi connectivity index (χ1) is 5.18. The minimum absolute atomic E-state index is 0.331. The molecule has 1 aromatic heterocycles. The summed E-state index contributed by atoms with van der Waals surface area (Å²) in [5.74, 6) is 0. The summed E-state index contributed by atoms with van der Waals surface area (Å²) in [5.41, 5.74) is 7.02. The molecule has 0 aliphatic heterocycles. The van der Waals surface area contributed by atoms with Crippen LogP contribution in [0.2, 0.25) is 0 Å². The van der Waals surface area contributed by atoms with Crippen molar-refractivity contribution in [1.82, 2.24) is 0 Å². The number of thiophene rings is 1. The van der Waals surface area contributed by atoms with Gasteiger partial charge in [0.2, 0.25) is 0 Å². The molecule has 0 aliphatic rings. The summed E-state index contributed by atoms with van der Waals surface area (Å²) in [6, 6.07) is 2.57. The van der Waals surface area contributed by atoms with Crippen molar-refractivity contribution >= 4 is 11.3 Å². The Morgan fingerprint density at radius 3 is 2.82 bits per heavy atom. The molecule has 0 spiro atoms. The summed E-state index contributed by atoms with van der Waals surface area (Å²) in [7, 11) is 0. The summed E-state index contributed by atoms with van der Waals surface area (Å²) in [6.45, 7) is 4.19. The Bertz CT molecular complexity index is 215. The third-order valence-electron chi connectivity index (χ3n) is 1.63. The van der Waals surface area contributed by atoms with E-state index in [-0.39, 0.29) is 0 Å². The van der Waals surface area contributed by atoms with Gasteiger partial charge in [0.1, 0.15) is 0 Å². The lowest BCUT2D eigenvalue weighted by Gasteiger charge is -2.01. The van der Waals surface area contributed by atoms with Gasteiger partial charge in [-0.3, -0.25) is 0 Å². The van der Waals surface area contributed by atoms with Crippen molar-refractivity contribution in [2.45, 2.75) is 32.7 Å². The molecule has 0 amide bonds. The van der Waals surface area contributed by atoms with Crippen molar-refractivity contribution in [1.29, 1.82) is 0 Å². The molecule has 1 aromatic rings. The molecule has 1 rings (SSSR count). The topological polar surface area (TPSA) is 26.0 Å². The predicted molar refractivity (Wildman–Crippen MR) is 51.0 cm³/mol. The fourth-order valence-electron chi connectivity index (χ4n) is 0.992. The molecular formula is C9H15NS. The summed E-state index contributed by atoms with van der Waals surface area (Å²) < 4.78 is 0. The van der Waals surface area contributed by atoms with Gasteiger partial charge in [-0.15, -0.1) is 11.3 Å². The molecule has 0 aromatic carbocycles. The van der Waals surface area contributed by atoms with Gasteiger partial charge in [0.25, 0.3) is 0 Å². The van der Waals surface area contributed by atoms with E-state index >= 15 is 0 Å². The highest BCUT2D eigenvalue weighted by Crippen LogP contribution is 2.15. The van der Waals surface area contributed by atoms with Crippen LogP contribution in [0.15, 0.2) is 11.4 Å². The lowest BCUT2D eigenvalue weighted by molar-refractivity contribution is 0.670. The second kappa shape index (κ2) is 3.88. The van der Waals surface area contributed by atoms with Crippen LogP contribution in [0, 0.1) is 6.92 Å². The van der Waals surface area contributed by atoms with Gasteiger partial charge in [-0.25, -0.2) is 0 Å². The Labute approximate surface area is 72.2 Å². The highest BCUT2D eigenvalue weighted by molar-refractivity contribution is 7.10. The first kappa shape index (κ1) is 8.75. The number of hydrogen-bond donors (Lipinski definition) is 1. The number of aryl methyl sites for hydroxylation is 2. The van der Waals surface area contributed by atoms with Gasteiger partial charge in [-0.1, -0.05) is 0 Å². The van der Waals surface area contributed by atoms with E-state index < -0.39 is 0 Å². The summed E-state index contributed by atoms with van der Waals surface area (Å²) in [5, 5.41) is 2.19. The van der Waals surface area contributed by atoms with E-state index in [1.54, 1.807) is 0 Å². The van der Waals surface area contributed by atoms with E-state index in [4.69, 9.17) is 5.73 Å². The fraction of sp³-hybridized carbons (Fsp3) is 0.556. The van der Waals surface area contributed by atoms with Crippen LogP contribution in [0.4, 0.5) is 0 Å². The third kappa shape index (κ3) is 3.04. The lowest BCUT2D eigenvalue weighted by Crippen LogP contribution is -2.14. The number of nitrogens with two attached hydrogens (primary N) is 1. The maximum absolute atomic E-state index is 5.65. The Morgan fingerprint density at radius 2 is 2.36 bits per heavy atom. The molecule has 0 bridgehead atoms. The molecule has 2 heteroatoms. The van der Waals surface area contributed by atoms with E-state index in [2.05, 4.69) is 25.3 Å². The summed E-state index contributed by atoms with van der Waals surface area (Å²) in [6.07, 6.45) is 2.23. The van der Waals surface area contributed by atoms with Crippen LogP contribution in [0.1, 0.15) is 23.8 Å². The van der Waals surface area contributed by atoms with Gasteiger partial charge in [-0.2, -0.15) is 0 Å². The van der Waals surface area contributed by atoms with Gasteiger partial charge in [-0.05, 0) is 43.7 Å². The zero-order valence-corrected chi connectivity index (χ0v) is 7.95. The average molecular weight is 169 g/mol. The van der Waals surface area contributed by atoms with Crippen LogP contribution < -0.4 is 5.73 Å². The predicted octanol–water partition coefficient (Wildman–Crippen LogP) is 2.34. The van der Waals surface area contributed by atoms with E-state index in [0.29, 0.717) is 6.04 Å². The highest BCUT2D eigenvalue weighted by Gasteiger charge is 1.98. The molecule has 0 unspecified atom stereocenters. The van der Waals surface area contributed by atoms with Crippen LogP contribution >= 0.6 is 11.3 Å². The monoisotopic (exact) mass is 169 g/mol. The van der Waals surface area contributed by atoms with Crippen LogP contribution in [-0.2, 0) is 6.42 Å². The highest BCUT2D eigenvalue weighted by atomic mass is 32.1. The van der Waals surface area contributed by atoms with Crippen LogP contribution in [-0.4, -0.2) is 6.04 Å². The second-order valence-corrected chi connectivity index (χ2v) is 4.10. The zero-order valence-electron chi connectivity index (χ0n) is 7.13. The van der Waals surface area contributed by atoms with Gasteiger partial charge >= 0.3 is 0 Å². The van der Waals surface area contributed by atoms with Crippen molar-refractivity contribution in [3.8, 4) is 0 Å². The van der Waals surface area contributed by atoms with Crippen molar-refractivity contribution in [3.05, 3.63) is 21.9 Å². The number of rotatable bonds is 3. The molecule has 1 atom stereocenters. The van der Waals surface area contributed by atoms with E-state index in [0.717, 1.165) is 12.8 Å². The second-order valence-electron chi connectivity index (χ2n) is 3.11. The van der Waals surface area contributed by atoms with Crippen molar-refractivity contribution in [2.24, 2.45) is 5.73 Å². The van der Waals surface area contributed by atoms with Crippen molar-refractivity contribution < 1.29 is 0 Å². The SMILES string of the molecule is Cc1csc(CC[C@@H](C)N)c1. The molecule has 0 fully saturated rings. The lowest BCUT2D eigenvalue weighted by atomic mass is 10.1. The molecule has 2 N–H and O–H groups in total. The number of hydrogen-bond acceptors (Lipinski definition) is 2. The molecule has 0 saturated carbocycles. The molecule has 62 valence electrons. The van der Waals surface area contributed by atoms with Crippen molar-refractivity contribution in [3.63, 3.8) is 0 Å². The molecule has 1 heterocycles. The van der Waals surface area contributed by atoms with Gasteiger partial charge < -0.3 is 5.73 Å². The maximum Gasteiger partial charge on any atom is 0.00485 e. The third-order valence-corrected chi connectivity index (χ3v) is 2.75. The molecular weight excluding hydrogens is 154 g/mol. The molecule has 11 heavy (non-hydrogen) atoms. The smallest absolute Gasteiger partial charge is 0.00485 e. The van der Waals surface area contributed by atoms with E-state index in [1.807, 2.05) is 11.3 Å². The zero-order chi connectivity index (χ0) is 8.27. The van der Waals surface area contributed by atoms with Crippen LogP contribution in [0.25, 0.3) is 0 Å². The first-order valence-electron chi connectivity index (χ1n) is 3.98.